The van der Waals surface area contributed by atoms with Crippen molar-refractivity contribution in [1.29, 1.82) is 5.26 Å². The van der Waals surface area contributed by atoms with E-state index in [9.17, 15) is 10.1 Å². The van der Waals surface area contributed by atoms with Crippen LogP contribution in [0.15, 0.2) is 40.3 Å². The molecule has 1 N–H and O–H groups in total. The average molecular weight is 340 g/mol. The van der Waals surface area contributed by atoms with Crippen LogP contribution in [0.2, 0.25) is 0 Å². The number of aromatic nitrogens is 3. The normalized spacial score (nSPS) is 10.5. The van der Waals surface area contributed by atoms with Gasteiger partial charge >= 0.3 is 0 Å². The number of nitrogens with zero attached hydrogens (tertiary/aromatic N) is 3. The Labute approximate surface area is 141 Å². The lowest BCUT2D eigenvalue weighted by atomic mass is 10.0. The molecule has 0 saturated heterocycles. The molecular formula is C16H12N4OS2. The molecule has 3 rings (SSSR count). The van der Waals surface area contributed by atoms with Gasteiger partial charge in [0, 0.05) is 5.56 Å². The van der Waals surface area contributed by atoms with Gasteiger partial charge < -0.3 is 4.98 Å². The smallest absolute Gasteiger partial charge is 0.270 e. The molecule has 0 saturated carbocycles. The zero-order valence-corrected chi connectivity index (χ0v) is 14.1. The van der Waals surface area contributed by atoms with Crippen molar-refractivity contribution in [2.24, 2.45) is 0 Å². The van der Waals surface area contributed by atoms with Crippen LogP contribution in [-0.4, -0.2) is 20.6 Å². The molecular weight excluding hydrogens is 328 g/mol. The summed E-state index contributed by atoms with van der Waals surface area (Å²) in [6.07, 6.45) is 1.82. The van der Waals surface area contributed by atoms with Gasteiger partial charge in [-0.3, -0.25) is 4.79 Å². The highest BCUT2D eigenvalue weighted by Gasteiger charge is 2.13. The Morgan fingerprint density at radius 2 is 1.96 bits per heavy atom. The van der Waals surface area contributed by atoms with Gasteiger partial charge in [-0.05, 0) is 36.3 Å². The molecule has 0 fully saturated rings. The van der Waals surface area contributed by atoms with E-state index in [0.717, 1.165) is 21.7 Å². The summed E-state index contributed by atoms with van der Waals surface area (Å²) < 4.78 is 4.27. The summed E-state index contributed by atoms with van der Waals surface area (Å²) in [5, 5.41) is 9.73. The Bertz CT molecular complexity index is 951. The zero-order chi connectivity index (χ0) is 16.4. The lowest BCUT2D eigenvalue weighted by molar-refractivity contribution is 0.938. The average Bonchev–Trinajstić information content (AvgIpc) is 3.00. The molecule has 0 unspecified atom stereocenters. The molecule has 2 aromatic heterocycles. The summed E-state index contributed by atoms with van der Waals surface area (Å²) in [5.74, 6) is 0. The first-order valence-electron chi connectivity index (χ1n) is 6.75. The summed E-state index contributed by atoms with van der Waals surface area (Å²) in [4.78, 5) is 20.0. The number of hydrogen-bond acceptors (Lipinski definition) is 6. The molecule has 0 radical (unpaired) electrons. The van der Waals surface area contributed by atoms with Crippen molar-refractivity contribution in [3.8, 4) is 27.8 Å². The molecule has 0 amide bonds. The van der Waals surface area contributed by atoms with Crippen molar-refractivity contribution in [1.82, 2.24) is 14.3 Å². The van der Waals surface area contributed by atoms with E-state index in [0.29, 0.717) is 10.9 Å². The summed E-state index contributed by atoms with van der Waals surface area (Å²) in [6, 6.07) is 11.6. The van der Waals surface area contributed by atoms with Gasteiger partial charge in [0.2, 0.25) is 0 Å². The molecule has 23 heavy (non-hydrogen) atoms. The first-order valence-corrected chi connectivity index (χ1v) is 8.74. The van der Waals surface area contributed by atoms with Crippen LogP contribution in [0.5, 0.6) is 0 Å². The predicted molar refractivity (Wildman–Crippen MR) is 92.6 cm³/mol. The Kier molecular flexibility index (Phi) is 4.28. The molecule has 2 heterocycles. The van der Waals surface area contributed by atoms with Gasteiger partial charge in [-0.15, -0.1) is 0 Å². The Hall–Kier alpha value is -2.43. The predicted octanol–water partition coefficient (Wildman–Crippen LogP) is 3.46. The maximum Gasteiger partial charge on any atom is 0.270 e. The van der Waals surface area contributed by atoms with Gasteiger partial charge in [0.05, 0.1) is 16.3 Å². The van der Waals surface area contributed by atoms with E-state index in [4.69, 9.17) is 0 Å². The standard InChI is InChI=1S/C16H12N4OS2/c1-9-7-13(23-20-9)10-3-5-11(6-4-10)14-12(8-17)15(21)19-16(18-14)22-2/h3-7H,1-2H3,(H,18,19,21). The SMILES string of the molecule is CSc1nc(-c2ccc(-c3cc(C)ns3)cc2)c(C#N)c(=O)[nH]1. The van der Waals surface area contributed by atoms with Crippen LogP contribution in [0.25, 0.3) is 21.7 Å². The summed E-state index contributed by atoms with van der Waals surface area (Å²) in [5.41, 5.74) is 2.81. The minimum absolute atomic E-state index is 0.0317. The van der Waals surface area contributed by atoms with Crippen LogP contribution in [0.1, 0.15) is 11.3 Å². The lowest BCUT2D eigenvalue weighted by Gasteiger charge is -2.06. The third kappa shape index (κ3) is 3.04. The number of benzene rings is 1. The Morgan fingerprint density at radius 1 is 1.26 bits per heavy atom. The second-order valence-corrected chi connectivity index (χ2v) is 6.42. The number of aryl methyl sites for hydroxylation is 1. The van der Waals surface area contributed by atoms with Crippen LogP contribution in [-0.2, 0) is 0 Å². The molecule has 7 heteroatoms. The van der Waals surface area contributed by atoms with Gasteiger partial charge in [0.25, 0.3) is 5.56 Å². The molecule has 0 aliphatic carbocycles. The molecule has 0 atom stereocenters. The number of nitrogens with one attached hydrogen (secondary N) is 1. The van der Waals surface area contributed by atoms with Crippen LogP contribution in [0.4, 0.5) is 0 Å². The molecule has 3 aromatic rings. The van der Waals surface area contributed by atoms with Crippen LogP contribution in [0, 0.1) is 18.3 Å². The third-order valence-electron chi connectivity index (χ3n) is 3.27. The second-order valence-electron chi connectivity index (χ2n) is 4.82. The van der Waals surface area contributed by atoms with Gasteiger partial charge in [0.1, 0.15) is 11.6 Å². The van der Waals surface area contributed by atoms with Crippen LogP contribution in [0.3, 0.4) is 0 Å². The third-order valence-corrected chi connectivity index (χ3v) is 4.78. The van der Waals surface area contributed by atoms with Crippen LogP contribution < -0.4 is 5.56 Å². The van der Waals surface area contributed by atoms with Gasteiger partial charge in [0.15, 0.2) is 5.16 Å². The van der Waals surface area contributed by atoms with Gasteiger partial charge in [-0.25, -0.2) is 4.98 Å². The van der Waals surface area contributed by atoms with E-state index < -0.39 is 5.56 Å². The fraction of sp³-hybridized carbons (Fsp3) is 0.125. The number of thioether (sulfide) groups is 1. The van der Waals surface area contributed by atoms with Crippen molar-refractivity contribution in [3.63, 3.8) is 0 Å². The van der Waals surface area contributed by atoms with Gasteiger partial charge in [-0.2, -0.15) is 9.64 Å². The van der Waals surface area contributed by atoms with Crippen molar-refractivity contribution >= 4 is 23.3 Å². The monoisotopic (exact) mass is 340 g/mol. The minimum atomic E-state index is -0.413. The summed E-state index contributed by atoms with van der Waals surface area (Å²) >= 11 is 2.78. The maximum absolute atomic E-state index is 12.0. The molecule has 0 aliphatic rings. The topological polar surface area (TPSA) is 82.4 Å². The van der Waals surface area contributed by atoms with E-state index in [1.807, 2.05) is 49.6 Å². The van der Waals surface area contributed by atoms with Crippen molar-refractivity contribution < 1.29 is 0 Å². The molecule has 0 aliphatic heterocycles. The molecule has 0 bridgehead atoms. The zero-order valence-electron chi connectivity index (χ0n) is 12.5. The summed E-state index contributed by atoms with van der Waals surface area (Å²) in [6.45, 7) is 1.96. The number of nitriles is 1. The number of hydrogen-bond donors (Lipinski definition) is 1. The quantitative estimate of drug-likeness (QED) is 0.583. The highest BCUT2D eigenvalue weighted by atomic mass is 32.2. The van der Waals surface area contributed by atoms with E-state index in [2.05, 4.69) is 14.3 Å². The Morgan fingerprint density at radius 3 is 2.52 bits per heavy atom. The van der Waals surface area contributed by atoms with E-state index in [-0.39, 0.29) is 5.56 Å². The fourth-order valence-electron chi connectivity index (χ4n) is 2.15. The molecule has 0 spiro atoms. The van der Waals surface area contributed by atoms with E-state index in [1.54, 1.807) is 0 Å². The highest BCUT2D eigenvalue weighted by Crippen LogP contribution is 2.28. The van der Waals surface area contributed by atoms with Crippen molar-refractivity contribution in [3.05, 3.63) is 51.9 Å². The lowest BCUT2D eigenvalue weighted by Crippen LogP contribution is -2.14. The van der Waals surface area contributed by atoms with E-state index in [1.165, 1.54) is 23.3 Å². The van der Waals surface area contributed by atoms with Gasteiger partial charge in [-0.1, -0.05) is 36.0 Å². The van der Waals surface area contributed by atoms with Crippen molar-refractivity contribution in [2.75, 3.05) is 6.26 Å². The number of rotatable bonds is 3. The number of H-pyrrole nitrogens is 1. The molecule has 114 valence electrons. The maximum atomic E-state index is 12.0. The first kappa shape index (κ1) is 15.5. The first-order chi connectivity index (χ1) is 11.1. The summed E-state index contributed by atoms with van der Waals surface area (Å²) in [7, 11) is 0. The largest absolute Gasteiger partial charge is 0.300 e. The Balaban J connectivity index is 2.08. The highest BCUT2D eigenvalue weighted by molar-refractivity contribution is 7.98. The second kappa shape index (κ2) is 6.36. The van der Waals surface area contributed by atoms with Crippen LogP contribution >= 0.6 is 23.3 Å². The molecule has 5 nitrogen and oxygen atoms in total. The van der Waals surface area contributed by atoms with Crippen molar-refractivity contribution in [2.45, 2.75) is 12.1 Å². The number of aromatic amines is 1. The minimum Gasteiger partial charge on any atom is -0.300 e. The fourth-order valence-corrected chi connectivity index (χ4v) is 3.29. The molecule has 1 aromatic carbocycles. The van der Waals surface area contributed by atoms with E-state index >= 15 is 0 Å².